The molecule has 0 atom stereocenters. The van der Waals surface area contributed by atoms with Gasteiger partial charge in [0.05, 0.1) is 0 Å². The molecule has 5 rings (SSSR count). The van der Waals surface area contributed by atoms with Crippen molar-refractivity contribution in [1.82, 2.24) is 0 Å². The van der Waals surface area contributed by atoms with Gasteiger partial charge < -0.3 is 0 Å². The molecule has 0 spiro atoms. The van der Waals surface area contributed by atoms with Crippen LogP contribution in [0.25, 0.3) is 0 Å². The van der Waals surface area contributed by atoms with Crippen molar-refractivity contribution in [1.29, 1.82) is 0 Å². The van der Waals surface area contributed by atoms with Crippen molar-refractivity contribution in [2.45, 2.75) is 12.8 Å². The van der Waals surface area contributed by atoms with E-state index in [1.807, 2.05) is 24.3 Å². The van der Waals surface area contributed by atoms with Gasteiger partial charge in [-0.25, -0.2) is 0 Å². The molecule has 1 aliphatic rings. The van der Waals surface area contributed by atoms with E-state index in [4.69, 9.17) is 11.6 Å². The third-order valence-corrected chi connectivity index (χ3v) is 14.7. The molecule has 0 aliphatic carbocycles. The average molecular weight is 483 g/mol. The van der Waals surface area contributed by atoms with Gasteiger partial charge in [-0.1, -0.05) is 0 Å². The van der Waals surface area contributed by atoms with Crippen LogP contribution in [0.3, 0.4) is 0 Å². The number of hydrogen-bond donors (Lipinski definition) is 0. The van der Waals surface area contributed by atoms with Crippen molar-refractivity contribution >= 4 is 39.9 Å². The molecule has 34 heavy (non-hydrogen) atoms. The molecule has 170 valence electrons. The predicted octanol–water partition coefficient (Wildman–Crippen LogP) is 6.77. The second-order valence-corrected chi connectivity index (χ2v) is 14.9. The first-order valence-electron chi connectivity index (χ1n) is 11.8. The SMILES string of the molecule is O=C(/C=C1\CCCP(c2ccccc2)(c2ccccc2)(c2ccccc2)C1)c1ccccc1Cl. The molecule has 0 unspecified atom stereocenters. The third-order valence-electron chi connectivity index (χ3n) is 7.31. The van der Waals surface area contributed by atoms with Crippen LogP contribution in [0.15, 0.2) is 127 Å². The normalized spacial score (nSPS) is 19.1. The van der Waals surface area contributed by atoms with Gasteiger partial charge in [0.2, 0.25) is 0 Å². The summed E-state index contributed by atoms with van der Waals surface area (Å²) in [4.78, 5) is 13.3. The second kappa shape index (κ2) is 9.34. The zero-order chi connectivity index (χ0) is 23.5. The number of carbonyl (C=O) groups excluding carboxylic acids is 1. The van der Waals surface area contributed by atoms with Crippen LogP contribution in [0.1, 0.15) is 23.2 Å². The summed E-state index contributed by atoms with van der Waals surface area (Å²) in [7, 11) is 0. The van der Waals surface area contributed by atoms with E-state index in [9.17, 15) is 4.79 Å². The summed E-state index contributed by atoms with van der Waals surface area (Å²) < 4.78 is 0. The Hall–Kier alpha value is -2.99. The molecule has 0 amide bonds. The fourth-order valence-corrected chi connectivity index (χ4v) is 13.1. The Morgan fingerprint density at radius 1 is 0.676 bits per heavy atom. The number of benzene rings is 4. The zero-order valence-corrected chi connectivity index (χ0v) is 20.8. The van der Waals surface area contributed by atoms with Gasteiger partial charge >= 0.3 is 207 Å². The topological polar surface area (TPSA) is 17.1 Å². The molecule has 0 N–H and O–H groups in total. The molecule has 1 nitrogen and oxygen atoms in total. The van der Waals surface area contributed by atoms with Crippen LogP contribution in [-0.4, -0.2) is 18.1 Å². The zero-order valence-electron chi connectivity index (χ0n) is 19.1. The van der Waals surface area contributed by atoms with Gasteiger partial charge in [0.1, 0.15) is 0 Å². The van der Waals surface area contributed by atoms with Crippen LogP contribution in [0.4, 0.5) is 0 Å². The average Bonchev–Trinajstić information content (AvgIpc) is 2.90. The molecule has 0 radical (unpaired) electrons. The van der Waals surface area contributed by atoms with E-state index in [2.05, 4.69) is 91.0 Å². The van der Waals surface area contributed by atoms with Gasteiger partial charge in [0, 0.05) is 0 Å². The maximum absolute atomic E-state index is 13.3. The molecule has 3 heteroatoms. The monoisotopic (exact) mass is 482 g/mol. The fraction of sp³-hybridized carbons (Fsp3) is 0.129. The van der Waals surface area contributed by atoms with E-state index < -0.39 is 6.60 Å². The van der Waals surface area contributed by atoms with Crippen molar-refractivity contribution in [3.63, 3.8) is 0 Å². The van der Waals surface area contributed by atoms with E-state index in [0.717, 1.165) is 25.2 Å². The number of hydrogen-bond acceptors (Lipinski definition) is 1. The summed E-state index contributed by atoms with van der Waals surface area (Å²) in [6, 6.07) is 40.4. The van der Waals surface area contributed by atoms with Crippen molar-refractivity contribution in [2.75, 3.05) is 12.3 Å². The predicted molar refractivity (Wildman–Crippen MR) is 148 cm³/mol. The van der Waals surface area contributed by atoms with E-state index >= 15 is 0 Å². The number of halogens is 1. The second-order valence-electron chi connectivity index (χ2n) is 9.15. The summed E-state index contributed by atoms with van der Waals surface area (Å²) >= 11 is 6.37. The first kappa shape index (κ1) is 22.8. The van der Waals surface area contributed by atoms with Crippen molar-refractivity contribution < 1.29 is 4.79 Å². The van der Waals surface area contributed by atoms with Crippen LogP contribution in [-0.2, 0) is 0 Å². The van der Waals surface area contributed by atoms with Gasteiger partial charge in [0.25, 0.3) is 0 Å². The van der Waals surface area contributed by atoms with Gasteiger partial charge in [-0.15, -0.1) is 0 Å². The molecule has 0 bridgehead atoms. The van der Waals surface area contributed by atoms with Crippen LogP contribution in [0, 0.1) is 0 Å². The Balaban J connectivity index is 1.76. The van der Waals surface area contributed by atoms with Crippen LogP contribution in [0.2, 0.25) is 5.02 Å². The van der Waals surface area contributed by atoms with Gasteiger partial charge in [-0.3, -0.25) is 0 Å². The molecule has 4 aromatic carbocycles. The summed E-state index contributed by atoms with van der Waals surface area (Å²) in [6.45, 7) is -2.88. The standard InChI is InChI=1S/C31H28ClOP/c32-30-21-11-10-20-29(30)31(33)23-25-13-12-22-34(24-25,26-14-4-1-5-15-26,27-16-6-2-7-17-27)28-18-8-3-9-19-28/h1-11,14-21,23H,12-13,22,24H2/b25-23+. The Bertz CT molecular complexity index is 1230. The van der Waals surface area contributed by atoms with E-state index in [-0.39, 0.29) is 5.78 Å². The van der Waals surface area contributed by atoms with Crippen molar-refractivity contribution in [2.24, 2.45) is 0 Å². The van der Waals surface area contributed by atoms with Gasteiger partial charge in [0.15, 0.2) is 0 Å². The molecule has 1 saturated heterocycles. The third kappa shape index (κ3) is 3.74. The van der Waals surface area contributed by atoms with Crippen LogP contribution >= 0.6 is 18.2 Å². The molecule has 0 aromatic heterocycles. The van der Waals surface area contributed by atoms with Gasteiger partial charge in [-0.05, 0) is 0 Å². The Morgan fingerprint density at radius 3 is 1.65 bits per heavy atom. The van der Waals surface area contributed by atoms with Crippen molar-refractivity contribution in [3.8, 4) is 0 Å². The summed E-state index contributed by atoms with van der Waals surface area (Å²) in [5.41, 5.74) is 1.78. The minimum atomic E-state index is -2.88. The number of ketones is 1. The first-order chi connectivity index (χ1) is 16.6. The quantitative estimate of drug-likeness (QED) is 0.174. The fourth-order valence-electron chi connectivity index (χ4n) is 5.78. The number of carbonyl (C=O) groups is 1. The summed E-state index contributed by atoms with van der Waals surface area (Å²) in [6.07, 6.45) is 5.82. The Labute approximate surface area is 207 Å². The Kier molecular flexibility index (Phi) is 6.26. The summed E-state index contributed by atoms with van der Waals surface area (Å²) in [5, 5.41) is 4.68. The molecule has 4 aromatic rings. The minimum absolute atomic E-state index is 0.00621. The van der Waals surface area contributed by atoms with Crippen LogP contribution in [0.5, 0.6) is 0 Å². The molecule has 0 saturated carbocycles. The number of rotatable bonds is 5. The first-order valence-corrected chi connectivity index (χ1v) is 14.8. The molecule has 1 fully saturated rings. The molecular formula is C31H28ClOP. The van der Waals surface area contributed by atoms with Gasteiger partial charge in [-0.2, -0.15) is 0 Å². The summed E-state index contributed by atoms with van der Waals surface area (Å²) in [5.74, 6) is -0.00621. The van der Waals surface area contributed by atoms with Crippen molar-refractivity contribution in [3.05, 3.63) is 137 Å². The van der Waals surface area contributed by atoms with Crippen LogP contribution < -0.4 is 15.9 Å². The van der Waals surface area contributed by atoms with E-state index in [0.29, 0.717) is 10.6 Å². The molecule has 1 heterocycles. The van der Waals surface area contributed by atoms with E-state index in [1.165, 1.54) is 21.5 Å². The molecular weight excluding hydrogens is 455 g/mol. The maximum atomic E-state index is 13.3. The van der Waals surface area contributed by atoms with E-state index in [1.54, 1.807) is 6.07 Å². The Morgan fingerprint density at radius 2 is 1.15 bits per heavy atom. The molecule has 1 aliphatic heterocycles. The number of allylic oxidation sites excluding steroid dienone is 2.